The molecule has 0 bridgehead atoms. The number of esters is 1. The van der Waals surface area contributed by atoms with E-state index in [-0.39, 0.29) is 55.4 Å². The zero-order valence-corrected chi connectivity index (χ0v) is 30.0. The second kappa shape index (κ2) is 19.4. The van der Waals surface area contributed by atoms with Crippen molar-refractivity contribution in [2.24, 2.45) is 11.8 Å². The van der Waals surface area contributed by atoms with Crippen LogP contribution >= 0.6 is 7.60 Å². The Balaban J connectivity index is 0.000000989. The lowest BCUT2D eigenvalue weighted by atomic mass is 9.85. The number of epoxide rings is 1. The topological polar surface area (TPSA) is 146 Å². The van der Waals surface area contributed by atoms with Crippen molar-refractivity contribution in [3.8, 4) is 11.1 Å². The summed E-state index contributed by atoms with van der Waals surface area (Å²) in [5.74, 6) is -1.29. The Labute approximate surface area is 291 Å². The number of carbonyl (C=O) groups is 3. The first-order valence-corrected chi connectivity index (χ1v) is 19.8. The van der Waals surface area contributed by atoms with Crippen molar-refractivity contribution >= 4 is 25.4 Å². The summed E-state index contributed by atoms with van der Waals surface area (Å²) in [4.78, 5) is 59.3. The number of amides is 1. The van der Waals surface area contributed by atoms with Gasteiger partial charge in [-0.3, -0.25) is 19.1 Å². The summed E-state index contributed by atoms with van der Waals surface area (Å²) in [6.07, 6.45) is 11.3. The summed E-state index contributed by atoms with van der Waals surface area (Å²) in [6.45, 7) is 4.33. The maximum atomic E-state index is 14.0. The average molecular weight is 699 g/mol. The van der Waals surface area contributed by atoms with Gasteiger partial charge in [0.25, 0.3) is 0 Å². The SMILES string of the molecule is CC1OC1=O.CCOC(=O)CCNC(=O)C(Cc1ccc(-c2ccccc2)cc1)N(CC1CCCCC1)C(CC1CCCCC1)P(=O)(O)O. The van der Waals surface area contributed by atoms with E-state index in [0.717, 1.165) is 74.5 Å². The molecule has 1 aliphatic heterocycles. The minimum Gasteiger partial charge on any atom is -0.466 e. The minimum absolute atomic E-state index is 0.0463. The Hall–Kier alpha value is -3.04. The van der Waals surface area contributed by atoms with Gasteiger partial charge in [0.1, 0.15) is 5.78 Å². The predicted octanol–water partition coefficient (Wildman–Crippen LogP) is 6.62. The van der Waals surface area contributed by atoms with Crippen molar-refractivity contribution in [3.05, 3.63) is 60.2 Å². The highest BCUT2D eigenvalue weighted by molar-refractivity contribution is 7.52. The summed E-state index contributed by atoms with van der Waals surface area (Å²) in [7, 11) is -4.59. The normalized spacial score (nSPS) is 19.6. The van der Waals surface area contributed by atoms with E-state index in [0.29, 0.717) is 19.4 Å². The second-order valence-corrected chi connectivity index (χ2v) is 15.5. The van der Waals surface area contributed by atoms with E-state index in [1.54, 1.807) is 13.8 Å². The van der Waals surface area contributed by atoms with Crippen LogP contribution in [0.3, 0.4) is 0 Å². The highest BCUT2D eigenvalue weighted by atomic mass is 31.2. The molecule has 2 aromatic rings. The van der Waals surface area contributed by atoms with Crippen molar-refractivity contribution in [2.75, 3.05) is 19.7 Å². The molecule has 1 amide bonds. The van der Waals surface area contributed by atoms with Crippen molar-refractivity contribution in [3.63, 3.8) is 0 Å². The molecule has 3 aliphatic rings. The Bertz CT molecular complexity index is 1370. The molecule has 2 aromatic carbocycles. The smallest absolute Gasteiger partial charge is 0.347 e. The number of carbonyl (C=O) groups excluding carboxylic acids is 3. The van der Waals surface area contributed by atoms with Crippen molar-refractivity contribution in [2.45, 2.75) is 115 Å². The molecule has 0 spiro atoms. The van der Waals surface area contributed by atoms with Crippen LogP contribution in [0.4, 0.5) is 0 Å². The molecule has 1 heterocycles. The fourth-order valence-corrected chi connectivity index (χ4v) is 8.35. The van der Waals surface area contributed by atoms with Gasteiger partial charge in [-0.05, 0) is 68.1 Å². The number of nitrogens with one attached hydrogen (secondary N) is 1. The fraction of sp³-hybridized carbons (Fsp3) is 0.605. The third-order valence-electron chi connectivity index (χ3n) is 9.93. The quantitative estimate of drug-likeness (QED) is 0.106. The summed E-state index contributed by atoms with van der Waals surface area (Å²) in [5, 5.41) is 2.92. The van der Waals surface area contributed by atoms with Gasteiger partial charge < -0.3 is 24.6 Å². The Morgan fingerprint density at radius 1 is 0.918 bits per heavy atom. The van der Waals surface area contributed by atoms with Gasteiger partial charge in [0, 0.05) is 13.1 Å². The molecule has 3 atom stereocenters. The summed E-state index contributed by atoms with van der Waals surface area (Å²) in [6, 6.07) is 17.4. The molecule has 270 valence electrons. The van der Waals surface area contributed by atoms with E-state index >= 15 is 0 Å². The summed E-state index contributed by atoms with van der Waals surface area (Å²) in [5.41, 5.74) is 3.08. The van der Waals surface area contributed by atoms with Gasteiger partial charge in [-0.25, -0.2) is 4.79 Å². The lowest BCUT2D eigenvalue weighted by Gasteiger charge is -2.42. The van der Waals surface area contributed by atoms with Crippen molar-refractivity contribution < 1.29 is 38.2 Å². The molecule has 11 heteroatoms. The molecule has 0 radical (unpaired) electrons. The van der Waals surface area contributed by atoms with Crippen LogP contribution in [-0.4, -0.2) is 70.2 Å². The number of hydrogen-bond acceptors (Lipinski definition) is 7. The number of cyclic esters (lactones) is 1. The van der Waals surface area contributed by atoms with Gasteiger partial charge in [-0.1, -0.05) is 106 Å². The Morgan fingerprint density at radius 2 is 1.47 bits per heavy atom. The molecule has 49 heavy (non-hydrogen) atoms. The molecule has 1 saturated heterocycles. The summed E-state index contributed by atoms with van der Waals surface area (Å²) >= 11 is 0. The van der Waals surface area contributed by atoms with Gasteiger partial charge in [0.05, 0.1) is 19.1 Å². The lowest BCUT2D eigenvalue weighted by Crippen LogP contribution is -2.54. The first-order chi connectivity index (χ1) is 23.5. The van der Waals surface area contributed by atoms with Gasteiger partial charge in [0.2, 0.25) is 5.91 Å². The van der Waals surface area contributed by atoms with Crippen LogP contribution in [0.1, 0.15) is 96.5 Å². The lowest BCUT2D eigenvalue weighted by molar-refractivity contribution is -0.143. The van der Waals surface area contributed by atoms with Crippen LogP contribution in [-0.2, 0) is 34.8 Å². The molecule has 10 nitrogen and oxygen atoms in total. The van der Waals surface area contributed by atoms with Gasteiger partial charge in [-0.15, -0.1) is 0 Å². The minimum atomic E-state index is -4.59. The second-order valence-electron chi connectivity index (χ2n) is 13.7. The Kier molecular flexibility index (Phi) is 15.3. The number of rotatable bonds is 15. The van der Waals surface area contributed by atoms with Crippen molar-refractivity contribution in [1.82, 2.24) is 10.2 Å². The highest BCUT2D eigenvalue weighted by Gasteiger charge is 2.43. The number of hydrogen-bond donors (Lipinski definition) is 3. The van der Waals surface area contributed by atoms with E-state index in [9.17, 15) is 28.7 Å². The molecule has 3 unspecified atom stereocenters. The number of ether oxygens (including phenoxy) is 2. The third kappa shape index (κ3) is 13.0. The van der Waals surface area contributed by atoms with Crippen LogP contribution in [0.5, 0.6) is 0 Å². The van der Waals surface area contributed by atoms with Gasteiger partial charge in [-0.2, -0.15) is 0 Å². The van der Waals surface area contributed by atoms with Gasteiger partial charge >= 0.3 is 19.5 Å². The predicted molar refractivity (Wildman–Crippen MR) is 189 cm³/mol. The molecular formula is C38H55N2O8P. The number of nitrogens with zero attached hydrogens (tertiary/aromatic N) is 1. The standard InChI is InChI=1S/C35H51N2O6P.C3H4O2/c1-2-43-34(38)22-23-36-35(39)32(24-28-18-20-31(21-19-28)30-16-10-5-11-17-30)37(26-29-14-8-4-9-15-29)33(44(40,41)42)25-27-12-6-3-7-13-27;1-2-3(4)5-2/h5,10-11,16-21,27,29,32-33H,2-4,6-9,12-15,22-26H2,1H3,(H,36,39)(H2,40,41,42);2H,1H3. The molecule has 5 rings (SSSR count). The van der Waals surface area contributed by atoms with E-state index in [2.05, 4.69) is 22.2 Å². The molecule has 3 fully saturated rings. The average Bonchev–Trinajstić information content (AvgIpc) is 3.77. The van der Waals surface area contributed by atoms with E-state index < -0.39 is 19.4 Å². The largest absolute Gasteiger partial charge is 0.466 e. The Morgan fingerprint density at radius 3 is 2.00 bits per heavy atom. The number of benzene rings is 2. The molecule has 2 aliphatic carbocycles. The molecule has 2 saturated carbocycles. The monoisotopic (exact) mass is 698 g/mol. The summed E-state index contributed by atoms with van der Waals surface area (Å²) < 4.78 is 22.6. The van der Waals surface area contributed by atoms with Gasteiger partial charge in [0.15, 0.2) is 6.10 Å². The van der Waals surface area contributed by atoms with Crippen LogP contribution in [0.2, 0.25) is 0 Å². The maximum absolute atomic E-state index is 14.0. The molecule has 3 N–H and O–H groups in total. The highest BCUT2D eigenvalue weighted by Crippen LogP contribution is 2.49. The zero-order chi connectivity index (χ0) is 35.2. The van der Waals surface area contributed by atoms with Crippen LogP contribution < -0.4 is 5.32 Å². The maximum Gasteiger partial charge on any atom is 0.347 e. The van der Waals surface area contributed by atoms with E-state index in [1.165, 1.54) is 6.42 Å². The van der Waals surface area contributed by atoms with E-state index in [1.807, 2.05) is 47.4 Å². The van der Waals surface area contributed by atoms with Crippen LogP contribution in [0, 0.1) is 11.8 Å². The van der Waals surface area contributed by atoms with Crippen LogP contribution in [0.15, 0.2) is 54.6 Å². The molecule has 0 aromatic heterocycles. The molecular weight excluding hydrogens is 643 g/mol. The zero-order valence-electron chi connectivity index (χ0n) is 29.1. The van der Waals surface area contributed by atoms with E-state index in [4.69, 9.17) is 4.74 Å². The first-order valence-electron chi connectivity index (χ1n) is 18.1. The third-order valence-corrected chi connectivity index (χ3v) is 11.2. The van der Waals surface area contributed by atoms with Crippen LogP contribution in [0.25, 0.3) is 11.1 Å². The first kappa shape index (κ1) is 38.8. The van der Waals surface area contributed by atoms with Crippen molar-refractivity contribution in [1.29, 1.82) is 0 Å². The fourth-order valence-electron chi connectivity index (χ4n) is 7.14.